The second kappa shape index (κ2) is 5.64. The van der Waals surface area contributed by atoms with Gasteiger partial charge in [0.2, 0.25) is 0 Å². The molecule has 20 heavy (non-hydrogen) atoms. The Morgan fingerprint density at radius 2 is 2.05 bits per heavy atom. The van der Waals surface area contributed by atoms with Crippen LogP contribution in [0.3, 0.4) is 0 Å². The largest absolute Gasteiger partial charge is 0.477 e. The van der Waals surface area contributed by atoms with Crippen molar-refractivity contribution in [1.82, 2.24) is 9.97 Å². The number of carbonyl (C=O) groups is 1. The fourth-order valence-corrected chi connectivity index (χ4v) is 2.31. The highest BCUT2D eigenvalue weighted by Gasteiger charge is 2.16. The van der Waals surface area contributed by atoms with Gasteiger partial charge in [0.25, 0.3) is 0 Å². The lowest BCUT2D eigenvalue weighted by Crippen LogP contribution is -2.12. The number of nitrogens with zero attached hydrogens (tertiary/aromatic N) is 2. The average molecular weight is 312 g/mol. The molecule has 0 amide bonds. The quantitative estimate of drug-likeness (QED) is 0.909. The smallest absolute Gasteiger partial charge is 0.341 e. The van der Waals surface area contributed by atoms with Gasteiger partial charge in [-0.1, -0.05) is 29.3 Å². The molecule has 0 aliphatic heterocycles. The van der Waals surface area contributed by atoms with Crippen LogP contribution in [0.5, 0.6) is 0 Å². The summed E-state index contributed by atoms with van der Waals surface area (Å²) in [6.45, 7) is 1.58. The predicted octanol–water partition coefficient (Wildman–Crippen LogP) is 2.96. The van der Waals surface area contributed by atoms with Gasteiger partial charge in [0.05, 0.1) is 5.69 Å². The summed E-state index contributed by atoms with van der Waals surface area (Å²) < 4.78 is 0. The third-order valence-electron chi connectivity index (χ3n) is 2.74. The van der Waals surface area contributed by atoms with Gasteiger partial charge < -0.3 is 10.8 Å². The lowest BCUT2D eigenvalue weighted by atomic mass is 10.1. The van der Waals surface area contributed by atoms with E-state index in [0.717, 1.165) is 5.56 Å². The van der Waals surface area contributed by atoms with Gasteiger partial charge in [0, 0.05) is 16.5 Å². The molecule has 2 rings (SSSR count). The molecule has 1 aromatic carbocycles. The summed E-state index contributed by atoms with van der Waals surface area (Å²) in [7, 11) is 0. The normalized spacial score (nSPS) is 10.6. The van der Waals surface area contributed by atoms with Crippen molar-refractivity contribution in [3.05, 3.63) is 50.9 Å². The minimum atomic E-state index is -1.14. The van der Waals surface area contributed by atoms with Crippen molar-refractivity contribution in [2.45, 2.75) is 13.3 Å². The van der Waals surface area contributed by atoms with Crippen molar-refractivity contribution in [3.63, 3.8) is 0 Å². The molecule has 3 N–H and O–H groups in total. The van der Waals surface area contributed by atoms with Crippen molar-refractivity contribution in [2.24, 2.45) is 0 Å². The molecular formula is C13H11Cl2N3O2. The van der Waals surface area contributed by atoms with E-state index in [0.29, 0.717) is 28.0 Å². The number of carboxylic acids is 1. The van der Waals surface area contributed by atoms with E-state index in [1.165, 1.54) is 0 Å². The number of nitrogen functional groups attached to an aromatic ring is 1. The Labute approximate surface area is 125 Å². The van der Waals surface area contributed by atoms with E-state index in [9.17, 15) is 4.79 Å². The third-order valence-corrected chi connectivity index (χ3v) is 3.33. The Hall–Kier alpha value is -1.85. The summed E-state index contributed by atoms with van der Waals surface area (Å²) in [4.78, 5) is 19.2. The molecule has 2 aromatic rings. The highest BCUT2D eigenvalue weighted by atomic mass is 35.5. The Morgan fingerprint density at radius 3 is 2.60 bits per heavy atom. The summed E-state index contributed by atoms with van der Waals surface area (Å²) in [6.07, 6.45) is 0.348. The Morgan fingerprint density at radius 1 is 1.35 bits per heavy atom. The molecule has 1 heterocycles. The minimum Gasteiger partial charge on any atom is -0.477 e. The molecule has 0 bridgehead atoms. The van der Waals surface area contributed by atoms with E-state index in [1.807, 2.05) is 0 Å². The Bertz CT molecular complexity index is 666. The van der Waals surface area contributed by atoms with Gasteiger partial charge in [-0.15, -0.1) is 0 Å². The first-order valence-corrected chi connectivity index (χ1v) is 6.44. The SMILES string of the molecule is Cc1nc(Cc2ccc(Cl)cc2Cl)nc(N)c1C(=O)O. The zero-order valence-electron chi connectivity index (χ0n) is 10.5. The average Bonchev–Trinajstić information content (AvgIpc) is 2.31. The number of anilines is 1. The van der Waals surface area contributed by atoms with Crippen LogP contribution in [-0.2, 0) is 6.42 Å². The number of benzene rings is 1. The van der Waals surface area contributed by atoms with Crippen LogP contribution >= 0.6 is 23.2 Å². The van der Waals surface area contributed by atoms with Crippen molar-refractivity contribution in [1.29, 1.82) is 0 Å². The van der Waals surface area contributed by atoms with Crippen molar-refractivity contribution >= 4 is 35.0 Å². The molecule has 7 heteroatoms. The van der Waals surface area contributed by atoms with Gasteiger partial charge >= 0.3 is 5.97 Å². The molecule has 0 radical (unpaired) electrons. The van der Waals surface area contributed by atoms with Crippen LogP contribution in [0, 0.1) is 6.92 Å². The highest BCUT2D eigenvalue weighted by molar-refractivity contribution is 6.35. The van der Waals surface area contributed by atoms with Gasteiger partial charge in [-0.05, 0) is 24.6 Å². The number of hydrogen-bond acceptors (Lipinski definition) is 4. The number of halogens is 2. The standard InChI is InChI=1S/C13H11Cl2N3O2/c1-6-11(13(19)20)12(16)18-10(17-6)4-7-2-3-8(14)5-9(7)15/h2-3,5H,4H2,1H3,(H,19,20)(H2,16,17,18). The lowest BCUT2D eigenvalue weighted by Gasteiger charge is -2.08. The molecule has 0 spiro atoms. The first-order valence-electron chi connectivity index (χ1n) is 5.68. The van der Waals surface area contributed by atoms with E-state index in [-0.39, 0.29) is 11.4 Å². The first-order chi connectivity index (χ1) is 9.38. The molecule has 5 nitrogen and oxygen atoms in total. The van der Waals surface area contributed by atoms with Crippen LogP contribution in [-0.4, -0.2) is 21.0 Å². The van der Waals surface area contributed by atoms with Crippen molar-refractivity contribution in [3.8, 4) is 0 Å². The second-order valence-electron chi connectivity index (χ2n) is 4.20. The molecule has 0 unspecified atom stereocenters. The topological polar surface area (TPSA) is 89.1 Å². The van der Waals surface area contributed by atoms with Crippen LogP contribution in [0.15, 0.2) is 18.2 Å². The second-order valence-corrected chi connectivity index (χ2v) is 5.05. The van der Waals surface area contributed by atoms with Crippen LogP contribution in [0.25, 0.3) is 0 Å². The summed E-state index contributed by atoms with van der Waals surface area (Å²) >= 11 is 11.9. The monoisotopic (exact) mass is 311 g/mol. The molecule has 1 aromatic heterocycles. The van der Waals surface area contributed by atoms with E-state index in [1.54, 1.807) is 25.1 Å². The predicted molar refractivity (Wildman–Crippen MR) is 77.4 cm³/mol. The molecule has 0 fully saturated rings. The summed E-state index contributed by atoms with van der Waals surface area (Å²) in [6, 6.07) is 5.11. The molecule has 0 saturated heterocycles. The maximum absolute atomic E-state index is 11.0. The molecule has 104 valence electrons. The van der Waals surface area contributed by atoms with Gasteiger partial charge in [-0.3, -0.25) is 0 Å². The van der Waals surface area contributed by atoms with Gasteiger partial charge in [0.1, 0.15) is 17.2 Å². The van der Waals surface area contributed by atoms with Crippen LogP contribution in [0.1, 0.15) is 27.4 Å². The fourth-order valence-electron chi connectivity index (χ4n) is 1.83. The highest BCUT2D eigenvalue weighted by Crippen LogP contribution is 2.23. The van der Waals surface area contributed by atoms with E-state index < -0.39 is 5.97 Å². The first kappa shape index (κ1) is 14.6. The lowest BCUT2D eigenvalue weighted by molar-refractivity contribution is 0.0696. The Balaban J connectivity index is 2.37. The molecule has 0 atom stereocenters. The zero-order valence-corrected chi connectivity index (χ0v) is 12.0. The maximum atomic E-state index is 11.0. The Kier molecular flexibility index (Phi) is 4.11. The van der Waals surface area contributed by atoms with Crippen LogP contribution in [0.4, 0.5) is 5.82 Å². The summed E-state index contributed by atoms with van der Waals surface area (Å²) in [5.74, 6) is -0.782. The van der Waals surface area contributed by atoms with E-state index >= 15 is 0 Å². The minimum absolute atomic E-state index is 0.0508. The maximum Gasteiger partial charge on any atom is 0.341 e. The number of aromatic nitrogens is 2. The van der Waals surface area contributed by atoms with Crippen LogP contribution in [0.2, 0.25) is 10.0 Å². The number of carboxylic acid groups (broad SMARTS) is 1. The molecule has 0 aliphatic rings. The van der Waals surface area contributed by atoms with Gasteiger partial charge in [-0.2, -0.15) is 0 Å². The summed E-state index contributed by atoms with van der Waals surface area (Å²) in [5.41, 5.74) is 6.69. The third kappa shape index (κ3) is 3.00. The number of aryl methyl sites for hydroxylation is 1. The van der Waals surface area contributed by atoms with Gasteiger partial charge in [-0.25, -0.2) is 14.8 Å². The molecular weight excluding hydrogens is 301 g/mol. The van der Waals surface area contributed by atoms with Crippen LogP contribution < -0.4 is 5.73 Å². The van der Waals surface area contributed by atoms with Crippen molar-refractivity contribution < 1.29 is 9.90 Å². The number of nitrogens with two attached hydrogens (primary N) is 1. The summed E-state index contributed by atoms with van der Waals surface area (Å²) in [5, 5.41) is 10.0. The molecule has 0 aliphatic carbocycles. The number of rotatable bonds is 3. The number of aromatic carboxylic acids is 1. The fraction of sp³-hybridized carbons (Fsp3) is 0.154. The molecule has 0 saturated carbocycles. The van der Waals surface area contributed by atoms with Crippen molar-refractivity contribution in [2.75, 3.05) is 5.73 Å². The van der Waals surface area contributed by atoms with E-state index in [4.69, 9.17) is 34.0 Å². The van der Waals surface area contributed by atoms with E-state index in [2.05, 4.69) is 9.97 Å². The zero-order chi connectivity index (χ0) is 14.9. The van der Waals surface area contributed by atoms with Gasteiger partial charge in [0.15, 0.2) is 0 Å². The number of hydrogen-bond donors (Lipinski definition) is 2.